The molecule has 6 nitrogen and oxygen atoms in total. The summed E-state index contributed by atoms with van der Waals surface area (Å²) in [5, 5.41) is 13.6. The van der Waals surface area contributed by atoms with Crippen molar-refractivity contribution in [1.29, 1.82) is 0 Å². The van der Waals surface area contributed by atoms with E-state index < -0.39 is 10.8 Å². The van der Waals surface area contributed by atoms with Gasteiger partial charge in [-0.3, -0.25) is 14.9 Å². The summed E-state index contributed by atoms with van der Waals surface area (Å²) < 4.78 is 5.63. The molecule has 1 amide bonds. The lowest BCUT2D eigenvalue weighted by atomic mass is 9.86. The number of anilines is 1. The van der Waals surface area contributed by atoms with E-state index in [2.05, 4.69) is 26.1 Å². The number of amides is 1. The van der Waals surface area contributed by atoms with Gasteiger partial charge in [0.1, 0.15) is 5.75 Å². The predicted octanol–water partition coefficient (Wildman–Crippen LogP) is 4.56. The first-order chi connectivity index (χ1) is 11.7. The zero-order valence-corrected chi connectivity index (χ0v) is 15.0. The number of para-hydroxylation sites is 1. The molecular formula is C18H19ClN2O4. The molecule has 7 heteroatoms. The van der Waals surface area contributed by atoms with E-state index in [4.69, 9.17) is 16.3 Å². The molecule has 0 saturated carbocycles. The highest BCUT2D eigenvalue weighted by Crippen LogP contribution is 2.31. The van der Waals surface area contributed by atoms with Gasteiger partial charge in [0.05, 0.1) is 15.6 Å². The topological polar surface area (TPSA) is 81.5 Å². The Morgan fingerprint density at radius 2 is 1.92 bits per heavy atom. The number of carbonyl (C=O) groups is 1. The van der Waals surface area contributed by atoms with Gasteiger partial charge in [-0.25, -0.2) is 0 Å². The summed E-state index contributed by atoms with van der Waals surface area (Å²) in [7, 11) is 0. The minimum absolute atomic E-state index is 0.129. The van der Waals surface area contributed by atoms with Crippen LogP contribution in [0.15, 0.2) is 42.5 Å². The minimum atomic E-state index is -0.554. The van der Waals surface area contributed by atoms with Crippen LogP contribution in [0.2, 0.25) is 5.02 Å². The largest absolute Gasteiger partial charge is 0.483 e. The Balaban J connectivity index is 2.08. The number of carbonyl (C=O) groups excluding carboxylic acids is 1. The van der Waals surface area contributed by atoms with Gasteiger partial charge in [-0.2, -0.15) is 0 Å². The summed E-state index contributed by atoms with van der Waals surface area (Å²) in [6.07, 6.45) is 0. The van der Waals surface area contributed by atoms with E-state index in [0.29, 0.717) is 5.75 Å². The molecular weight excluding hydrogens is 344 g/mol. The van der Waals surface area contributed by atoms with E-state index in [-0.39, 0.29) is 28.4 Å². The second kappa shape index (κ2) is 7.53. The fourth-order valence-electron chi connectivity index (χ4n) is 2.26. The highest BCUT2D eigenvalue weighted by molar-refractivity contribution is 6.33. The summed E-state index contributed by atoms with van der Waals surface area (Å²) in [6.45, 7) is 5.93. The zero-order chi connectivity index (χ0) is 18.6. The highest BCUT2D eigenvalue weighted by Gasteiger charge is 2.19. The van der Waals surface area contributed by atoms with Crippen LogP contribution in [-0.2, 0) is 10.2 Å². The SMILES string of the molecule is CC(C)(C)c1ccccc1OCC(=O)Nc1cc([N+](=O)[O-])ccc1Cl. The first kappa shape index (κ1) is 18.7. The van der Waals surface area contributed by atoms with Gasteiger partial charge in [0.15, 0.2) is 6.61 Å². The standard InChI is InChI=1S/C18H19ClN2O4/c1-18(2,3)13-6-4-5-7-16(13)25-11-17(22)20-15-10-12(21(23)24)8-9-14(15)19/h4-10H,11H2,1-3H3,(H,20,22). The van der Waals surface area contributed by atoms with Crippen molar-refractivity contribution in [1.82, 2.24) is 0 Å². The molecule has 0 unspecified atom stereocenters. The first-order valence-electron chi connectivity index (χ1n) is 7.64. The van der Waals surface area contributed by atoms with Gasteiger partial charge in [0, 0.05) is 12.1 Å². The molecule has 1 N–H and O–H groups in total. The van der Waals surface area contributed by atoms with Crippen molar-refractivity contribution in [2.75, 3.05) is 11.9 Å². The molecule has 0 fully saturated rings. The Morgan fingerprint density at radius 1 is 1.24 bits per heavy atom. The number of rotatable bonds is 5. The lowest BCUT2D eigenvalue weighted by molar-refractivity contribution is -0.384. The smallest absolute Gasteiger partial charge is 0.271 e. The molecule has 0 aliphatic rings. The third kappa shape index (κ3) is 4.93. The van der Waals surface area contributed by atoms with Gasteiger partial charge in [0.2, 0.25) is 0 Å². The van der Waals surface area contributed by atoms with Crippen molar-refractivity contribution in [3.63, 3.8) is 0 Å². The lowest BCUT2D eigenvalue weighted by Crippen LogP contribution is -2.22. The maximum Gasteiger partial charge on any atom is 0.271 e. The number of non-ortho nitro benzene ring substituents is 1. The van der Waals surface area contributed by atoms with Crippen molar-refractivity contribution < 1.29 is 14.5 Å². The average molecular weight is 363 g/mol. The summed E-state index contributed by atoms with van der Waals surface area (Å²) >= 11 is 5.97. The molecule has 0 heterocycles. The van der Waals surface area contributed by atoms with Crippen molar-refractivity contribution in [3.05, 3.63) is 63.2 Å². The van der Waals surface area contributed by atoms with Crippen molar-refractivity contribution >= 4 is 28.9 Å². The molecule has 2 aromatic carbocycles. The molecule has 0 aliphatic heterocycles. The maximum absolute atomic E-state index is 12.1. The van der Waals surface area contributed by atoms with Crippen LogP contribution < -0.4 is 10.1 Å². The number of hydrogen-bond donors (Lipinski definition) is 1. The molecule has 25 heavy (non-hydrogen) atoms. The Bertz CT molecular complexity index is 800. The van der Waals surface area contributed by atoms with Gasteiger partial charge in [-0.15, -0.1) is 0 Å². The lowest BCUT2D eigenvalue weighted by Gasteiger charge is -2.22. The average Bonchev–Trinajstić information content (AvgIpc) is 2.54. The zero-order valence-electron chi connectivity index (χ0n) is 14.2. The van der Waals surface area contributed by atoms with E-state index >= 15 is 0 Å². The summed E-state index contributed by atoms with van der Waals surface area (Å²) in [6, 6.07) is 11.3. The van der Waals surface area contributed by atoms with Gasteiger partial charge in [-0.1, -0.05) is 50.6 Å². The Morgan fingerprint density at radius 3 is 2.56 bits per heavy atom. The molecule has 132 valence electrons. The molecule has 2 rings (SSSR count). The van der Waals surface area contributed by atoms with Gasteiger partial charge < -0.3 is 10.1 Å². The van der Waals surface area contributed by atoms with E-state index in [0.717, 1.165) is 5.56 Å². The van der Waals surface area contributed by atoms with Crippen LogP contribution >= 0.6 is 11.6 Å². The van der Waals surface area contributed by atoms with Gasteiger partial charge >= 0.3 is 0 Å². The van der Waals surface area contributed by atoms with Crippen LogP contribution in [0.5, 0.6) is 5.75 Å². The fourth-order valence-corrected chi connectivity index (χ4v) is 2.43. The predicted molar refractivity (Wildman–Crippen MR) is 97.4 cm³/mol. The number of nitrogens with zero attached hydrogens (tertiary/aromatic N) is 1. The highest BCUT2D eigenvalue weighted by atomic mass is 35.5. The maximum atomic E-state index is 12.1. The molecule has 0 spiro atoms. The molecule has 0 radical (unpaired) electrons. The molecule has 0 atom stereocenters. The molecule has 0 saturated heterocycles. The molecule has 0 aliphatic carbocycles. The number of halogens is 1. The molecule has 0 bridgehead atoms. The third-order valence-electron chi connectivity index (χ3n) is 3.49. The number of nitrogens with one attached hydrogen (secondary N) is 1. The van der Waals surface area contributed by atoms with Crippen LogP contribution in [0.1, 0.15) is 26.3 Å². The van der Waals surface area contributed by atoms with E-state index in [1.165, 1.54) is 18.2 Å². The third-order valence-corrected chi connectivity index (χ3v) is 3.82. The fraction of sp³-hybridized carbons (Fsp3) is 0.278. The van der Waals surface area contributed by atoms with Crippen molar-refractivity contribution in [2.45, 2.75) is 26.2 Å². The number of ether oxygens (including phenoxy) is 1. The van der Waals surface area contributed by atoms with Crippen molar-refractivity contribution in [3.8, 4) is 5.75 Å². The van der Waals surface area contributed by atoms with E-state index in [1.807, 2.05) is 18.2 Å². The van der Waals surface area contributed by atoms with Gasteiger partial charge in [-0.05, 0) is 23.1 Å². The van der Waals surface area contributed by atoms with Crippen LogP contribution in [0.4, 0.5) is 11.4 Å². The monoisotopic (exact) mass is 362 g/mol. The number of nitro benzene ring substituents is 1. The summed E-state index contributed by atoms with van der Waals surface area (Å²) in [5.41, 5.74) is 0.875. The first-order valence-corrected chi connectivity index (χ1v) is 8.02. The van der Waals surface area contributed by atoms with Crippen molar-refractivity contribution in [2.24, 2.45) is 0 Å². The van der Waals surface area contributed by atoms with Crippen LogP contribution in [0.25, 0.3) is 0 Å². The Labute approximate surface area is 150 Å². The Hall–Kier alpha value is -2.60. The number of benzene rings is 2. The minimum Gasteiger partial charge on any atom is -0.483 e. The summed E-state index contributed by atoms with van der Waals surface area (Å²) in [5.74, 6) is 0.168. The van der Waals surface area contributed by atoms with E-state index in [9.17, 15) is 14.9 Å². The van der Waals surface area contributed by atoms with Gasteiger partial charge in [0.25, 0.3) is 11.6 Å². The molecule has 2 aromatic rings. The number of hydrogen-bond acceptors (Lipinski definition) is 4. The van der Waals surface area contributed by atoms with Crippen LogP contribution in [0.3, 0.4) is 0 Å². The second-order valence-electron chi connectivity index (χ2n) is 6.50. The summed E-state index contributed by atoms with van der Waals surface area (Å²) in [4.78, 5) is 22.4. The normalized spacial score (nSPS) is 11.0. The van der Waals surface area contributed by atoms with E-state index in [1.54, 1.807) is 6.07 Å². The van der Waals surface area contributed by atoms with Crippen LogP contribution in [0, 0.1) is 10.1 Å². The quantitative estimate of drug-likeness (QED) is 0.624. The number of nitro groups is 1. The second-order valence-corrected chi connectivity index (χ2v) is 6.91. The molecule has 0 aromatic heterocycles. The Kier molecular flexibility index (Phi) is 5.64. The van der Waals surface area contributed by atoms with Crippen LogP contribution in [-0.4, -0.2) is 17.4 Å².